The van der Waals surface area contributed by atoms with Gasteiger partial charge in [0.25, 0.3) is 0 Å². The van der Waals surface area contributed by atoms with Gasteiger partial charge >= 0.3 is 154 Å². The molecule has 2 unspecified atom stereocenters. The molecular weight excluding hydrogens is 309 g/mol. The number of carboxylic acid groups (broad SMARTS) is 3. The van der Waals surface area contributed by atoms with Crippen molar-refractivity contribution >= 4 is 17.9 Å². The third-order valence-electron chi connectivity index (χ3n) is 2.53. The van der Waals surface area contributed by atoms with Crippen LogP contribution in [0.2, 0.25) is 0 Å². The van der Waals surface area contributed by atoms with Gasteiger partial charge in [0.05, 0.1) is 0 Å². The predicted octanol–water partition coefficient (Wildman–Crippen LogP) is -13.1. The third kappa shape index (κ3) is 7.23. The van der Waals surface area contributed by atoms with Crippen molar-refractivity contribution in [2.24, 2.45) is 17.8 Å². The molecule has 0 aliphatic heterocycles. The molecule has 0 N–H and O–H groups in total. The molecule has 17 heavy (non-hydrogen) atoms. The van der Waals surface area contributed by atoms with Crippen molar-refractivity contribution in [1.29, 1.82) is 0 Å². The minimum atomic E-state index is -1.68. The second-order valence-electron chi connectivity index (χ2n) is 3.27. The van der Waals surface area contributed by atoms with Crippen molar-refractivity contribution in [1.82, 2.24) is 0 Å². The number of aliphatic carboxylic acids is 3. The molecule has 0 bridgehead atoms. The number of carbonyl (C=O) groups excluding carboxylic acids is 3. The van der Waals surface area contributed by atoms with Crippen LogP contribution in [0, 0.1) is 17.8 Å². The minimum Gasteiger partial charge on any atom is -0.550 e. The molecule has 0 saturated heterocycles. The molecule has 1 saturated carbocycles. The van der Waals surface area contributed by atoms with Crippen molar-refractivity contribution in [2.45, 2.75) is 12.8 Å². The van der Waals surface area contributed by atoms with Crippen LogP contribution in [0.15, 0.2) is 0 Å². The molecule has 0 aromatic heterocycles. The average Bonchev–Trinajstić information content (AvgIpc) is 2.46. The predicted molar refractivity (Wildman–Crippen MR) is 34.7 cm³/mol. The average molecular weight is 316 g/mol. The van der Waals surface area contributed by atoms with Gasteiger partial charge in [-0.05, 0) is 12.8 Å². The van der Waals surface area contributed by atoms with Gasteiger partial charge in [0.2, 0.25) is 0 Å². The number of hydrogen-bond donors (Lipinski definition) is 0. The van der Waals surface area contributed by atoms with Crippen molar-refractivity contribution in [3.63, 3.8) is 0 Å². The zero-order valence-electron chi connectivity index (χ0n) is 10.1. The monoisotopic (exact) mass is 316 g/mol. The number of hydrogen-bond acceptors (Lipinski definition) is 6. The Morgan fingerprint density at radius 2 is 1.00 bits per heavy atom. The van der Waals surface area contributed by atoms with Crippen LogP contribution in [0.5, 0.6) is 0 Å². The summed E-state index contributed by atoms with van der Waals surface area (Å²) in [4.78, 5) is 31.5. The van der Waals surface area contributed by atoms with Crippen LogP contribution in [0.1, 0.15) is 12.8 Å². The largest absolute Gasteiger partial charge is 1.00 e. The molecule has 1 rings (SSSR count). The van der Waals surface area contributed by atoms with Gasteiger partial charge in [-0.15, -0.1) is 0 Å². The fourth-order valence-electron chi connectivity index (χ4n) is 1.86. The molecule has 0 amide bonds. The van der Waals surface area contributed by atoms with Crippen LogP contribution in [-0.2, 0) is 14.4 Å². The van der Waals surface area contributed by atoms with Gasteiger partial charge in [0.1, 0.15) is 0 Å². The summed E-state index contributed by atoms with van der Waals surface area (Å²) >= 11 is 0. The van der Waals surface area contributed by atoms with Gasteiger partial charge in [-0.25, -0.2) is 0 Å². The maximum absolute atomic E-state index is 10.5. The van der Waals surface area contributed by atoms with E-state index in [0.717, 1.165) is 0 Å². The Balaban J connectivity index is -0.000000653. The van der Waals surface area contributed by atoms with E-state index in [1.807, 2.05) is 0 Å². The van der Waals surface area contributed by atoms with Crippen LogP contribution < -0.4 is 169 Å². The van der Waals surface area contributed by atoms with Crippen molar-refractivity contribution < 1.29 is 184 Å². The maximum atomic E-state index is 10.5. The molecule has 2 atom stereocenters. The Bertz CT molecular complexity index is 273. The summed E-state index contributed by atoms with van der Waals surface area (Å²) in [6.07, 6.45) is -0.0563. The number of carbonyl (C=O) groups is 3. The summed E-state index contributed by atoms with van der Waals surface area (Å²) in [6, 6.07) is 0. The van der Waals surface area contributed by atoms with Crippen LogP contribution in [-0.4, -0.2) is 17.9 Å². The maximum Gasteiger partial charge on any atom is 1.00 e. The molecule has 6 nitrogen and oxygen atoms in total. The van der Waals surface area contributed by atoms with Gasteiger partial charge in [-0.3, -0.25) is 0 Å². The molecule has 0 heterocycles. The molecule has 0 aromatic carbocycles. The molecule has 9 heteroatoms. The second kappa shape index (κ2) is 11.9. The van der Waals surface area contributed by atoms with Crippen LogP contribution >= 0.6 is 0 Å². The first-order valence-electron chi connectivity index (χ1n) is 4.07. The van der Waals surface area contributed by atoms with Crippen molar-refractivity contribution in [2.75, 3.05) is 0 Å². The molecule has 1 aliphatic rings. The van der Waals surface area contributed by atoms with E-state index in [1.165, 1.54) is 0 Å². The Kier molecular flexibility index (Phi) is 17.7. The van der Waals surface area contributed by atoms with E-state index in [0.29, 0.717) is 0 Å². The Hall–Kier alpha value is 3.32. The normalized spacial score (nSPS) is 25.8. The molecule has 0 aromatic rings. The van der Waals surface area contributed by atoms with E-state index in [9.17, 15) is 29.7 Å². The zero-order valence-corrected chi connectivity index (χ0v) is 19.5. The Morgan fingerprint density at radius 3 is 1.18 bits per heavy atom. The van der Waals surface area contributed by atoms with Crippen molar-refractivity contribution in [3.8, 4) is 0 Å². The fraction of sp³-hybridized carbons (Fsp3) is 0.625. The van der Waals surface area contributed by atoms with E-state index in [2.05, 4.69) is 0 Å². The second-order valence-corrected chi connectivity index (χ2v) is 3.27. The van der Waals surface area contributed by atoms with Crippen LogP contribution in [0.4, 0.5) is 0 Å². The number of carboxylic acids is 3. The molecule has 1 aliphatic carbocycles. The van der Waals surface area contributed by atoms with Gasteiger partial charge in [0, 0.05) is 35.7 Å². The van der Waals surface area contributed by atoms with E-state index in [4.69, 9.17) is 0 Å². The first-order chi connectivity index (χ1) is 6.45. The molecular formula is C8H7K3O6. The molecule has 0 radical (unpaired) electrons. The van der Waals surface area contributed by atoms with Crippen LogP contribution in [0.3, 0.4) is 0 Å². The SMILES string of the molecule is O=C([O-])C1CCC(C(=O)[O-])C1C(=O)[O-].[K+].[K+].[K+]. The van der Waals surface area contributed by atoms with Crippen molar-refractivity contribution in [3.05, 3.63) is 0 Å². The summed E-state index contributed by atoms with van der Waals surface area (Å²) in [5.41, 5.74) is 0. The first-order valence-corrected chi connectivity index (χ1v) is 4.07. The van der Waals surface area contributed by atoms with Crippen LogP contribution in [0.25, 0.3) is 0 Å². The summed E-state index contributed by atoms with van der Waals surface area (Å²) in [7, 11) is 0. The zero-order chi connectivity index (χ0) is 10.9. The van der Waals surface area contributed by atoms with E-state index in [-0.39, 0.29) is 167 Å². The van der Waals surface area contributed by atoms with Gasteiger partial charge in [-0.2, -0.15) is 0 Å². The third-order valence-corrected chi connectivity index (χ3v) is 2.53. The van der Waals surface area contributed by atoms with E-state index in [1.54, 1.807) is 0 Å². The fourth-order valence-corrected chi connectivity index (χ4v) is 1.86. The molecule has 0 spiro atoms. The molecule has 78 valence electrons. The smallest absolute Gasteiger partial charge is 0.550 e. The quantitative estimate of drug-likeness (QED) is 0.477. The van der Waals surface area contributed by atoms with E-state index < -0.39 is 35.7 Å². The Morgan fingerprint density at radius 1 is 0.706 bits per heavy atom. The van der Waals surface area contributed by atoms with Gasteiger partial charge in [-0.1, -0.05) is 0 Å². The first kappa shape index (κ1) is 25.3. The topological polar surface area (TPSA) is 120 Å². The van der Waals surface area contributed by atoms with E-state index >= 15 is 0 Å². The minimum absolute atomic E-state index is 0. The Labute approximate surface area is 226 Å². The summed E-state index contributed by atoms with van der Waals surface area (Å²) in [5, 5.41) is 31.5. The summed E-state index contributed by atoms with van der Waals surface area (Å²) < 4.78 is 0. The van der Waals surface area contributed by atoms with Gasteiger partial charge < -0.3 is 29.7 Å². The number of rotatable bonds is 3. The standard InChI is InChI=1S/C8H10O6.3K/c9-6(10)3-1-2-4(7(11)12)5(3)8(13)14;;;/h3-5H,1-2H2,(H,9,10)(H,11,12)(H,13,14);;;/q;3*+1/p-3. The summed E-state index contributed by atoms with van der Waals surface area (Å²) in [5.74, 6) is -8.90. The van der Waals surface area contributed by atoms with Gasteiger partial charge in [0.15, 0.2) is 0 Å². The molecule has 1 fully saturated rings. The summed E-state index contributed by atoms with van der Waals surface area (Å²) in [6.45, 7) is 0.